The number of hydrogen-bond donors (Lipinski definition) is 1. The van der Waals surface area contributed by atoms with E-state index in [0.717, 1.165) is 10.7 Å². The van der Waals surface area contributed by atoms with Crippen LogP contribution in [-0.2, 0) is 0 Å². The van der Waals surface area contributed by atoms with Crippen LogP contribution in [0.25, 0.3) is 10.8 Å². The first-order valence-corrected chi connectivity index (χ1v) is 4.44. The summed E-state index contributed by atoms with van der Waals surface area (Å²) in [6.07, 6.45) is 1.07. The quantitative estimate of drug-likeness (QED) is 0.756. The molecule has 13 heavy (non-hydrogen) atoms. The number of hydrogen-bond acceptors (Lipinski definition) is 1. The van der Waals surface area contributed by atoms with Gasteiger partial charge in [0.05, 0.1) is 0 Å². The number of H-pyrrole nitrogens is 1. The van der Waals surface area contributed by atoms with Crippen LogP contribution < -0.4 is 5.56 Å². The van der Waals surface area contributed by atoms with Gasteiger partial charge in [-0.25, -0.2) is 4.39 Å². The molecule has 0 saturated heterocycles. The van der Waals surface area contributed by atoms with E-state index in [2.05, 4.69) is 20.9 Å². The Morgan fingerprint density at radius 3 is 2.85 bits per heavy atom. The van der Waals surface area contributed by atoms with Crippen LogP contribution in [0.1, 0.15) is 0 Å². The Balaban J connectivity index is 3.01. The molecule has 4 heteroatoms. The van der Waals surface area contributed by atoms with Gasteiger partial charge in [-0.05, 0) is 18.2 Å². The number of nitrogens with one attached hydrogen (secondary N) is 1. The van der Waals surface area contributed by atoms with Crippen molar-refractivity contribution in [3.05, 3.63) is 45.0 Å². The number of rotatable bonds is 0. The van der Waals surface area contributed by atoms with Crippen LogP contribution in [-0.4, -0.2) is 4.98 Å². The molecule has 0 aliphatic carbocycles. The van der Waals surface area contributed by atoms with E-state index >= 15 is 0 Å². The zero-order valence-electron chi connectivity index (χ0n) is 6.47. The summed E-state index contributed by atoms with van der Waals surface area (Å²) >= 11 is 3.21. The van der Waals surface area contributed by atoms with E-state index in [9.17, 15) is 9.18 Å². The number of pyridine rings is 1. The van der Waals surface area contributed by atoms with Crippen LogP contribution >= 0.6 is 15.9 Å². The minimum atomic E-state index is -0.420. The first kappa shape index (κ1) is 8.44. The van der Waals surface area contributed by atoms with E-state index in [1.54, 1.807) is 18.2 Å². The summed E-state index contributed by atoms with van der Waals surface area (Å²) in [6, 6.07) is 4.87. The van der Waals surface area contributed by atoms with Gasteiger partial charge in [0, 0.05) is 21.4 Å². The van der Waals surface area contributed by atoms with E-state index in [1.165, 1.54) is 0 Å². The molecule has 0 fully saturated rings. The van der Waals surface area contributed by atoms with E-state index in [1.807, 2.05) is 0 Å². The second-order valence-electron chi connectivity index (χ2n) is 2.66. The van der Waals surface area contributed by atoms with Crippen molar-refractivity contribution < 1.29 is 4.39 Å². The number of benzene rings is 1. The summed E-state index contributed by atoms with van der Waals surface area (Å²) in [7, 11) is 0. The van der Waals surface area contributed by atoms with Crippen molar-refractivity contribution in [3.63, 3.8) is 0 Å². The summed E-state index contributed by atoms with van der Waals surface area (Å²) in [5.74, 6) is -0.420. The molecule has 0 radical (unpaired) electrons. The zero-order valence-corrected chi connectivity index (χ0v) is 8.06. The van der Waals surface area contributed by atoms with Gasteiger partial charge in [-0.1, -0.05) is 15.9 Å². The van der Waals surface area contributed by atoms with Gasteiger partial charge >= 0.3 is 0 Å². The first-order valence-electron chi connectivity index (χ1n) is 3.65. The van der Waals surface area contributed by atoms with Crippen LogP contribution in [0.3, 0.4) is 0 Å². The van der Waals surface area contributed by atoms with Crippen molar-refractivity contribution >= 4 is 26.7 Å². The highest BCUT2D eigenvalue weighted by molar-refractivity contribution is 9.10. The molecule has 1 aromatic heterocycles. The van der Waals surface area contributed by atoms with Crippen LogP contribution in [0, 0.1) is 5.82 Å². The summed E-state index contributed by atoms with van der Waals surface area (Å²) in [4.78, 5) is 13.5. The number of halogens is 2. The van der Waals surface area contributed by atoms with Gasteiger partial charge < -0.3 is 4.98 Å². The molecule has 0 aliphatic rings. The molecule has 2 aromatic rings. The fourth-order valence-electron chi connectivity index (χ4n) is 1.20. The van der Waals surface area contributed by atoms with Crippen molar-refractivity contribution in [2.75, 3.05) is 0 Å². The molecule has 0 spiro atoms. The minimum absolute atomic E-state index is 0.274. The highest BCUT2D eigenvalue weighted by Gasteiger charge is 2.03. The minimum Gasteiger partial charge on any atom is -0.326 e. The summed E-state index contributed by atoms with van der Waals surface area (Å²) in [6.45, 7) is 0. The summed E-state index contributed by atoms with van der Waals surface area (Å²) < 4.78 is 13.9. The van der Waals surface area contributed by atoms with Gasteiger partial charge in [0.1, 0.15) is 5.82 Å². The maximum absolute atomic E-state index is 13.2. The highest BCUT2D eigenvalue weighted by atomic mass is 79.9. The van der Waals surface area contributed by atoms with Crippen LogP contribution in [0.4, 0.5) is 4.39 Å². The van der Waals surface area contributed by atoms with Crippen molar-refractivity contribution in [1.29, 1.82) is 0 Å². The third-order valence-electron chi connectivity index (χ3n) is 1.81. The summed E-state index contributed by atoms with van der Waals surface area (Å²) in [5, 5.41) is 0.696. The zero-order chi connectivity index (χ0) is 9.42. The largest absolute Gasteiger partial charge is 0.326 e. The maximum atomic E-state index is 13.2. The van der Waals surface area contributed by atoms with Crippen molar-refractivity contribution in [3.8, 4) is 0 Å². The molecule has 2 nitrogen and oxygen atoms in total. The van der Waals surface area contributed by atoms with Crippen molar-refractivity contribution in [2.24, 2.45) is 0 Å². The number of fused-ring (bicyclic) bond motifs is 1. The summed E-state index contributed by atoms with van der Waals surface area (Å²) in [5.41, 5.74) is -0.274. The lowest BCUT2D eigenvalue weighted by Gasteiger charge is -1.98. The molecule has 1 N–H and O–H groups in total. The molecule has 0 atom stereocenters. The standard InChI is InChI=1S/C9H5BrFNO/c10-5-1-2-6-7(3-5)8(11)4-12-9(6)13/h1-4H,(H,12,13). The molecule has 2 rings (SSSR count). The molecule has 0 bridgehead atoms. The first-order chi connectivity index (χ1) is 6.18. The molecule has 0 amide bonds. The van der Waals surface area contributed by atoms with E-state index in [-0.39, 0.29) is 5.56 Å². The molecule has 0 unspecified atom stereocenters. The van der Waals surface area contributed by atoms with Crippen LogP contribution in [0.2, 0.25) is 0 Å². The van der Waals surface area contributed by atoms with Gasteiger partial charge in [-0.3, -0.25) is 4.79 Å². The van der Waals surface area contributed by atoms with Gasteiger partial charge in [0.15, 0.2) is 0 Å². The molecule has 0 saturated carbocycles. The molecule has 1 heterocycles. The molecule has 1 aromatic carbocycles. The SMILES string of the molecule is O=c1[nH]cc(F)c2cc(Br)ccc12. The van der Waals surface area contributed by atoms with E-state index in [4.69, 9.17) is 0 Å². The van der Waals surface area contributed by atoms with Gasteiger partial charge in [0.2, 0.25) is 0 Å². The average Bonchev–Trinajstić information content (AvgIpc) is 2.12. The number of aromatic amines is 1. The Morgan fingerprint density at radius 1 is 1.31 bits per heavy atom. The van der Waals surface area contributed by atoms with Gasteiger partial charge in [-0.2, -0.15) is 0 Å². The Bertz CT molecular complexity index is 520. The number of aromatic nitrogens is 1. The second-order valence-corrected chi connectivity index (χ2v) is 3.57. The molecular weight excluding hydrogens is 237 g/mol. The Labute approximate surface area is 81.5 Å². The Hall–Kier alpha value is -1.16. The molecular formula is C9H5BrFNO. The maximum Gasteiger partial charge on any atom is 0.256 e. The van der Waals surface area contributed by atoms with Crippen molar-refractivity contribution in [2.45, 2.75) is 0 Å². The lowest BCUT2D eigenvalue weighted by atomic mass is 10.2. The van der Waals surface area contributed by atoms with Gasteiger partial charge in [-0.15, -0.1) is 0 Å². The molecule has 66 valence electrons. The Morgan fingerprint density at radius 2 is 2.08 bits per heavy atom. The Kier molecular flexibility index (Phi) is 1.92. The topological polar surface area (TPSA) is 32.9 Å². The second kappa shape index (κ2) is 2.96. The van der Waals surface area contributed by atoms with Crippen molar-refractivity contribution in [1.82, 2.24) is 4.98 Å². The highest BCUT2D eigenvalue weighted by Crippen LogP contribution is 2.18. The smallest absolute Gasteiger partial charge is 0.256 e. The van der Waals surface area contributed by atoms with Crippen LogP contribution in [0.15, 0.2) is 33.7 Å². The predicted molar refractivity (Wildman–Crippen MR) is 52.2 cm³/mol. The third-order valence-corrected chi connectivity index (χ3v) is 2.31. The normalized spacial score (nSPS) is 10.6. The van der Waals surface area contributed by atoms with E-state index < -0.39 is 5.82 Å². The average molecular weight is 242 g/mol. The third kappa shape index (κ3) is 1.37. The lowest BCUT2D eigenvalue weighted by Crippen LogP contribution is -2.05. The van der Waals surface area contributed by atoms with Crippen LogP contribution in [0.5, 0.6) is 0 Å². The fraction of sp³-hybridized carbons (Fsp3) is 0. The molecule has 0 aliphatic heterocycles. The monoisotopic (exact) mass is 241 g/mol. The van der Waals surface area contributed by atoms with E-state index in [0.29, 0.717) is 10.8 Å². The predicted octanol–water partition coefficient (Wildman–Crippen LogP) is 2.43. The fourth-order valence-corrected chi connectivity index (χ4v) is 1.56. The van der Waals surface area contributed by atoms with Gasteiger partial charge in [0.25, 0.3) is 5.56 Å². The lowest BCUT2D eigenvalue weighted by molar-refractivity contribution is 0.633.